The van der Waals surface area contributed by atoms with E-state index in [1.54, 1.807) is 6.07 Å². The molecule has 0 aliphatic heterocycles. The second kappa shape index (κ2) is 7.11. The molecule has 1 aromatic carbocycles. The number of carbonyl (C=O) groups is 1. The van der Waals surface area contributed by atoms with E-state index in [1.165, 1.54) is 23.4 Å². The number of benzene rings is 1. The summed E-state index contributed by atoms with van der Waals surface area (Å²) < 4.78 is 40.3. The third kappa shape index (κ3) is 3.70. The van der Waals surface area contributed by atoms with Crippen molar-refractivity contribution in [2.45, 2.75) is 50.9 Å². The Bertz CT molecular complexity index is 862. The van der Waals surface area contributed by atoms with Gasteiger partial charge in [-0.05, 0) is 29.7 Å². The van der Waals surface area contributed by atoms with E-state index in [0.29, 0.717) is 10.6 Å². The van der Waals surface area contributed by atoms with Gasteiger partial charge in [-0.15, -0.1) is 0 Å². The molecule has 0 radical (unpaired) electrons. The number of pyridine rings is 1. The number of nitrogens with zero attached hydrogens (tertiary/aromatic N) is 2. The van der Waals surface area contributed by atoms with E-state index in [9.17, 15) is 18.0 Å². The van der Waals surface area contributed by atoms with Crippen LogP contribution in [0.15, 0.2) is 42.6 Å². The second-order valence-electron chi connectivity index (χ2n) is 7.83. The number of halogens is 3. The number of hydrogen-bond donors (Lipinski definition) is 1. The molecule has 0 bridgehead atoms. The second-order valence-corrected chi connectivity index (χ2v) is 7.83. The Labute approximate surface area is 162 Å². The van der Waals surface area contributed by atoms with Crippen LogP contribution in [0, 0.1) is 0 Å². The largest absolute Gasteiger partial charge is 0.414 e. The predicted octanol–water partition coefficient (Wildman–Crippen LogP) is 4.48. The topological polar surface area (TPSA) is 45.2 Å². The summed E-state index contributed by atoms with van der Waals surface area (Å²) >= 11 is 0. The summed E-state index contributed by atoms with van der Waals surface area (Å²) in [6.07, 6.45) is -2.36. The Morgan fingerprint density at radius 1 is 1.25 bits per heavy atom. The number of amides is 1. The van der Waals surface area contributed by atoms with Crippen molar-refractivity contribution >= 4 is 11.6 Å². The first-order valence-electron chi connectivity index (χ1n) is 9.13. The quantitative estimate of drug-likeness (QED) is 0.836. The molecular weight excluding hydrogens is 367 g/mol. The van der Waals surface area contributed by atoms with E-state index in [4.69, 9.17) is 0 Å². The highest BCUT2D eigenvalue weighted by Gasteiger charge is 2.45. The number of anilines is 1. The highest BCUT2D eigenvalue weighted by atomic mass is 19.4. The number of hydrogen-bond acceptors (Lipinski definition) is 3. The maximum atomic E-state index is 13.4. The summed E-state index contributed by atoms with van der Waals surface area (Å²) in [7, 11) is 1.13. The van der Waals surface area contributed by atoms with Crippen LogP contribution in [0.5, 0.6) is 0 Å². The van der Waals surface area contributed by atoms with Crippen molar-refractivity contribution in [3.05, 3.63) is 59.4 Å². The molecule has 7 heteroatoms. The average molecular weight is 391 g/mol. The van der Waals surface area contributed by atoms with Gasteiger partial charge in [-0.1, -0.05) is 38.1 Å². The van der Waals surface area contributed by atoms with Crippen LogP contribution in [-0.4, -0.2) is 35.1 Å². The zero-order valence-corrected chi connectivity index (χ0v) is 16.3. The standard InChI is InChI=1S/C21H24F3N3O/c1-13(28)27(4)19(21(22,23)24)17-10-9-15(12-25-17)26-18-11-14-7-5-6-8-16(14)20(18,2)3/h5-10,12,18-19,26H,11H2,1-4H3/t18-,19-/m0/s1. The fourth-order valence-electron chi connectivity index (χ4n) is 3.84. The average Bonchev–Trinajstić information content (AvgIpc) is 2.86. The highest BCUT2D eigenvalue weighted by molar-refractivity contribution is 5.73. The van der Waals surface area contributed by atoms with Gasteiger partial charge in [0.25, 0.3) is 0 Å². The number of nitrogens with one attached hydrogen (secondary N) is 1. The molecule has 0 saturated heterocycles. The lowest BCUT2D eigenvalue weighted by molar-refractivity contribution is -0.188. The van der Waals surface area contributed by atoms with Gasteiger partial charge in [-0.2, -0.15) is 13.2 Å². The van der Waals surface area contributed by atoms with Crippen molar-refractivity contribution in [3.8, 4) is 0 Å². The minimum atomic E-state index is -4.60. The summed E-state index contributed by atoms with van der Waals surface area (Å²) in [6, 6.07) is 9.21. The minimum absolute atomic E-state index is 0.107. The summed E-state index contributed by atoms with van der Waals surface area (Å²) in [5.74, 6) is -0.670. The molecule has 4 nitrogen and oxygen atoms in total. The molecule has 2 atom stereocenters. The summed E-state index contributed by atoms with van der Waals surface area (Å²) in [4.78, 5) is 16.1. The Balaban J connectivity index is 1.81. The molecule has 1 N–H and O–H groups in total. The molecule has 0 unspecified atom stereocenters. The van der Waals surface area contributed by atoms with E-state index in [1.807, 2.05) is 12.1 Å². The maximum Gasteiger partial charge on any atom is 0.414 e. The van der Waals surface area contributed by atoms with Crippen molar-refractivity contribution < 1.29 is 18.0 Å². The van der Waals surface area contributed by atoms with E-state index in [0.717, 1.165) is 20.4 Å². The molecule has 3 rings (SSSR count). The molecule has 0 fully saturated rings. The lowest BCUT2D eigenvalue weighted by Crippen LogP contribution is -2.39. The van der Waals surface area contributed by atoms with Crippen LogP contribution in [-0.2, 0) is 16.6 Å². The number of alkyl halides is 3. The molecule has 2 aromatic rings. The van der Waals surface area contributed by atoms with Crippen LogP contribution in [0.25, 0.3) is 0 Å². The zero-order chi connectivity index (χ0) is 20.7. The number of aromatic nitrogens is 1. The van der Waals surface area contributed by atoms with Gasteiger partial charge in [0.05, 0.1) is 17.6 Å². The summed E-state index contributed by atoms with van der Waals surface area (Å²) in [5, 5.41) is 3.41. The lowest BCUT2D eigenvalue weighted by Gasteiger charge is -2.30. The molecule has 0 spiro atoms. The molecule has 1 aromatic heterocycles. The van der Waals surface area contributed by atoms with E-state index < -0.39 is 18.1 Å². The predicted molar refractivity (Wildman–Crippen MR) is 102 cm³/mol. The molecule has 28 heavy (non-hydrogen) atoms. The van der Waals surface area contributed by atoms with Gasteiger partial charge in [0.2, 0.25) is 5.91 Å². The molecule has 1 aliphatic carbocycles. The monoisotopic (exact) mass is 391 g/mol. The van der Waals surface area contributed by atoms with Gasteiger partial charge in [-0.25, -0.2) is 0 Å². The van der Waals surface area contributed by atoms with Crippen LogP contribution in [0.2, 0.25) is 0 Å². The summed E-state index contributed by atoms with van der Waals surface area (Å²) in [5.41, 5.74) is 2.89. The smallest absolute Gasteiger partial charge is 0.380 e. The third-order valence-corrected chi connectivity index (χ3v) is 5.61. The lowest BCUT2D eigenvalue weighted by atomic mass is 9.83. The van der Waals surface area contributed by atoms with Crippen LogP contribution in [0.1, 0.15) is 43.6 Å². The fourth-order valence-corrected chi connectivity index (χ4v) is 3.84. The van der Waals surface area contributed by atoms with Crippen LogP contribution < -0.4 is 5.32 Å². The minimum Gasteiger partial charge on any atom is -0.380 e. The van der Waals surface area contributed by atoms with Crippen molar-refractivity contribution in [1.29, 1.82) is 0 Å². The van der Waals surface area contributed by atoms with Gasteiger partial charge in [-0.3, -0.25) is 9.78 Å². The third-order valence-electron chi connectivity index (χ3n) is 5.61. The first-order valence-corrected chi connectivity index (χ1v) is 9.13. The molecule has 0 saturated carbocycles. The van der Waals surface area contributed by atoms with E-state index in [2.05, 4.69) is 36.3 Å². The maximum absolute atomic E-state index is 13.4. The normalized spacial score (nSPS) is 19.0. The van der Waals surface area contributed by atoms with E-state index >= 15 is 0 Å². The molecule has 150 valence electrons. The van der Waals surface area contributed by atoms with Crippen molar-refractivity contribution in [1.82, 2.24) is 9.88 Å². The van der Waals surface area contributed by atoms with Gasteiger partial charge in [0, 0.05) is 25.4 Å². The first-order chi connectivity index (χ1) is 13.0. The van der Waals surface area contributed by atoms with Crippen LogP contribution in [0.4, 0.5) is 18.9 Å². The van der Waals surface area contributed by atoms with Crippen LogP contribution in [0.3, 0.4) is 0 Å². The highest BCUT2D eigenvalue weighted by Crippen LogP contribution is 2.40. The van der Waals surface area contributed by atoms with Gasteiger partial charge >= 0.3 is 6.18 Å². The SMILES string of the molecule is CC(=O)N(C)[C@@H](c1ccc(N[C@H]2Cc3ccccc3C2(C)C)cn1)C(F)(F)F. The van der Waals surface area contributed by atoms with Gasteiger partial charge in [0.15, 0.2) is 6.04 Å². The Morgan fingerprint density at radius 2 is 1.93 bits per heavy atom. The Kier molecular flexibility index (Phi) is 5.12. The Hall–Kier alpha value is -2.57. The van der Waals surface area contributed by atoms with Gasteiger partial charge in [0.1, 0.15) is 0 Å². The molecule has 1 amide bonds. The van der Waals surface area contributed by atoms with E-state index in [-0.39, 0.29) is 17.2 Å². The summed E-state index contributed by atoms with van der Waals surface area (Å²) in [6.45, 7) is 5.41. The zero-order valence-electron chi connectivity index (χ0n) is 16.3. The van der Waals surface area contributed by atoms with Crippen molar-refractivity contribution in [2.24, 2.45) is 0 Å². The van der Waals surface area contributed by atoms with Crippen molar-refractivity contribution in [2.75, 3.05) is 12.4 Å². The number of fused-ring (bicyclic) bond motifs is 1. The first kappa shape index (κ1) is 20.2. The molecule has 1 heterocycles. The fraction of sp³-hybridized carbons (Fsp3) is 0.429. The molecular formula is C21H24F3N3O. The Morgan fingerprint density at radius 3 is 2.46 bits per heavy atom. The van der Waals surface area contributed by atoms with Crippen molar-refractivity contribution in [3.63, 3.8) is 0 Å². The number of rotatable bonds is 4. The van der Waals surface area contributed by atoms with Gasteiger partial charge < -0.3 is 10.2 Å². The molecule has 1 aliphatic rings. The van der Waals surface area contributed by atoms with Crippen LogP contribution >= 0.6 is 0 Å². The number of carbonyl (C=O) groups excluding carboxylic acids is 1.